The van der Waals surface area contributed by atoms with Gasteiger partial charge in [0.2, 0.25) is 0 Å². The van der Waals surface area contributed by atoms with E-state index in [9.17, 15) is 0 Å². The van der Waals surface area contributed by atoms with Crippen molar-refractivity contribution in [3.8, 4) is 56.3 Å². The number of benzene rings is 5. The quantitative estimate of drug-likeness (QED) is 0.152. The molecule has 0 unspecified atom stereocenters. The molecule has 2 aromatic heterocycles. The van der Waals surface area contributed by atoms with Crippen molar-refractivity contribution >= 4 is 0 Å². The number of nitrogens with zero attached hydrogens (tertiary/aromatic N) is 4. The van der Waals surface area contributed by atoms with Gasteiger partial charge in [-0.15, -0.1) is 29.8 Å². The normalized spacial score (nSPS) is 10.7. The van der Waals surface area contributed by atoms with Gasteiger partial charge in [-0.3, -0.25) is 0 Å². The van der Waals surface area contributed by atoms with Gasteiger partial charge in [0.1, 0.15) is 5.82 Å². The van der Waals surface area contributed by atoms with E-state index in [-0.39, 0.29) is 20.1 Å². The fourth-order valence-corrected chi connectivity index (χ4v) is 5.68. The Hall–Kier alpha value is -5.09. The molecular formula is C41H31IrN4-. The fourth-order valence-electron chi connectivity index (χ4n) is 5.68. The molecule has 0 bridgehead atoms. The monoisotopic (exact) mass is 772 g/mol. The molecule has 4 nitrogen and oxygen atoms in total. The molecule has 46 heavy (non-hydrogen) atoms. The Morgan fingerprint density at radius 3 is 1.78 bits per heavy atom. The minimum Gasteiger partial charge on any atom is -0.304 e. The molecule has 5 heteroatoms. The van der Waals surface area contributed by atoms with Gasteiger partial charge in [-0.2, -0.15) is 0 Å². The van der Waals surface area contributed by atoms with E-state index in [4.69, 9.17) is 19.9 Å². The van der Waals surface area contributed by atoms with Crippen molar-refractivity contribution in [1.29, 1.82) is 0 Å². The summed E-state index contributed by atoms with van der Waals surface area (Å²) < 4.78 is 0. The number of pyridine rings is 1. The summed E-state index contributed by atoms with van der Waals surface area (Å²) in [6.45, 7) is 4.29. The molecule has 0 atom stereocenters. The molecule has 7 rings (SSSR count). The predicted octanol–water partition coefficient (Wildman–Crippen LogP) is 9.61. The first kappa shape index (κ1) is 30.9. The van der Waals surface area contributed by atoms with Gasteiger partial charge in [-0.05, 0) is 36.2 Å². The second-order valence-electron chi connectivity index (χ2n) is 11.3. The van der Waals surface area contributed by atoms with Crippen LogP contribution in [0.1, 0.15) is 22.5 Å². The second kappa shape index (κ2) is 13.9. The van der Waals surface area contributed by atoms with Crippen molar-refractivity contribution < 1.29 is 20.1 Å². The maximum absolute atomic E-state index is 4.85. The van der Waals surface area contributed by atoms with E-state index in [1.54, 1.807) is 0 Å². The zero-order valence-electron chi connectivity index (χ0n) is 25.6. The summed E-state index contributed by atoms with van der Waals surface area (Å²) in [7, 11) is 0. The van der Waals surface area contributed by atoms with Crippen molar-refractivity contribution in [2.45, 2.75) is 20.3 Å². The third-order valence-corrected chi connectivity index (χ3v) is 7.80. The Labute approximate surface area is 283 Å². The smallest absolute Gasteiger partial charge is 0.165 e. The third-order valence-electron chi connectivity index (χ3n) is 7.80. The number of aromatic nitrogens is 4. The van der Waals surface area contributed by atoms with Gasteiger partial charge in [0, 0.05) is 43.8 Å². The maximum atomic E-state index is 4.85. The number of hydrogen-bond acceptors (Lipinski definition) is 4. The van der Waals surface area contributed by atoms with Gasteiger partial charge in [0.15, 0.2) is 11.6 Å². The first-order chi connectivity index (χ1) is 22.1. The topological polar surface area (TPSA) is 51.6 Å². The van der Waals surface area contributed by atoms with Crippen molar-refractivity contribution in [1.82, 2.24) is 19.9 Å². The second-order valence-corrected chi connectivity index (χ2v) is 11.3. The Morgan fingerprint density at radius 2 is 1.15 bits per heavy atom. The first-order valence-corrected chi connectivity index (χ1v) is 15.1. The van der Waals surface area contributed by atoms with Gasteiger partial charge in [-0.25, -0.2) is 15.0 Å². The zero-order chi connectivity index (χ0) is 30.6. The molecule has 0 saturated heterocycles. The molecule has 1 radical (unpaired) electrons. The largest absolute Gasteiger partial charge is 0.304 e. The van der Waals surface area contributed by atoms with Crippen LogP contribution in [0, 0.1) is 19.9 Å². The standard InChI is InChI=1S/C41H31N4.Ir/c1-28-23-29(2)25-35(24-28)37-16-10-9-15-36(37)31-17-19-32(20-18-31)38-22-21-34(27-42-38)41-44-39(26-30-11-5-3-6-12-30)43-40(45-41)33-13-7-4-8-14-33;/h3-19,21-25,27H,26H2,1-2H3;/q-1;. The molecule has 5 aromatic carbocycles. The average molecular weight is 772 g/mol. The van der Waals surface area contributed by atoms with E-state index in [0.29, 0.717) is 18.1 Å². The van der Waals surface area contributed by atoms with Crippen LogP contribution in [0.5, 0.6) is 0 Å². The van der Waals surface area contributed by atoms with Crippen LogP contribution in [0.3, 0.4) is 0 Å². The molecule has 0 aliphatic rings. The molecule has 225 valence electrons. The van der Waals surface area contributed by atoms with Crippen molar-refractivity contribution in [3.05, 3.63) is 168 Å². The Kier molecular flexibility index (Phi) is 9.35. The molecule has 7 aromatic rings. The molecule has 0 amide bonds. The van der Waals surface area contributed by atoms with Gasteiger partial charge in [-0.1, -0.05) is 138 Å². The minimum atomic E-state index is 0. The molecule has 0 aliphatic carbocycles. The summed E-state index contributed by atoms with van der Waals surface area (Å²) >= 11 is 0. The van der Waals surface area contributed by atoms with E-state index < -0.39 is 0 Å². The van der Waals surface area contributed by atoms with Crippen LogP contribution >= 0.6 is 0 Å². The Balaban J connectivity index is 0.00000372. The first-order valence-electron chi connectivity index (χ1n) is 15.1. The maximum Gasteiger partial charge on any atom is 0.165 e. The predicted molar refractivity (Wildman–Crippen MR) is 182 cm³/mol. The van der Waals surface area contributed by atoms with E-state index in [1.165, 1.54) is 27.8 Å². The Morgan fingerprint density at radius 1 is 0.543 bits per heavy atom. The molecule has 0 saturated carbocycles. The van der Waals surface area contributed by atoms with Gasteiger partial charge in [0.25, 0.3) is 0 Å². The van der Waals surface area contributed by atoms with Gasteiger partial charge < -0.3 is 4.98 Å². The molecule has 0 spiro atoms. The molecule has 2 heterocycles. The van der Waals surface area contributed by atoms with Crippen molar-refractivity contribution in [2.75, 3.05) is 0 Å². The van der Waals surface area contributed by atoms with E-state index in [1.807, 2.05) is 66.9 Å². The summed E-state index contributed by atoms with van der Waals surface area (Å²) in [6, 6.07) is 49.3. The SMILES string of the molecule is Cc1cc(C)cc(-c2ccccc2-c2c[c-]c(-c3ccc(-c4nc(Cc5ccccc5)nc(-c5ccccc5)n4)cn3)cc2)c1.[Ir]. The zero-order valence-corrected chi connectivity index (χ0v) is 28.0. The van der Waals surface area contributed by atoms with Crippen molar-refractivity contribution in [3.63, 3.8) is 0 Å². The third kappa shape index (κ3) is 6.92. The average Bonchev–Trinajstić information content (AvgIpc) is 3.09. The van der Waals surface area contributed by atoms with Crippen LogP contribution in [-0.2, 0) is 26.5 Å². The molecule has 0 fully saturated rings. The van der Waals surface area contributed by atoms with Crippen LogP contribution < -0.4 is 0 Å². The summed E-state index contributed by atoms with van der Waals surface area (Å²) in [4.78, 5) is 19.3. The number of hydrogen-bond donors (Lipinski definition) is 0. The molecule has 0 N–H and O–H groups in total. The van der Waals surface area contributed by atoms with Crippen LogP contribution in [0.2, 0.25) is 0 Å². The fraction of sp³-hybridized carbons (Fsp3) is 0.0732. The van der Waals surface area contributed by atoms with Crippen LogP contribution in [0.15, 0.2) is 140 Å². The van der Waals surface area contributed by atoms with Gasteiger partial charge in [0.05, 0.1) is 0 Å². The summed E-state index contributed by atoms with van der Waals surface area (Å²) in [5.74, 6) is 1.98. The van der Waals surface area contributed by atoms with E-state index in [0.717, 1.165) is 39.3 Å². The van der Waals surface area contributed by atoms with E-state index in [2.05, 4.69) is 92.7 Å². The minimum absolute atomic E-state index is 0. The van der Waals surface area contributed by atoms with Crippen LogP contribution in [0.4, 0.5) is 0 Å². The Bertz CT molecular complexity index is 2060. The molecular weight excluding hydrogens is 741 g/mol. The number of aryl methyl sites for hydroxylation is 2. The van der Waals surface area contributed by atoms with Crippen LogP contribution in [-0.4, -0.2) is 19.9 Å². The molecule has 0 aliphatic heterocycles. The summed E-state index contributed by atoms with van der Waals surface area (Å²) in [5, 5.41) is 0. The summed E-state index contributed by atoms with van der Waals surface area (Å²) in [6.07, 6.45) is 2.46. The number of rotatable bonds is 7. The van der Waals surface area contributed by atoms with E-state index >= 15 is 0 Å². The van der Waals surface area contributed by atoms with Crippen molar-refractivity contribution in [2.24, 2.45) is 0 Å². The van der Waals surface area contributed by atoms with Crippen LogP contribution in [0.25, 0.3) is 56.3 Å². The van der Waals surface area contributed by atoms with Gasteiger partial charge >= 0.3 is 0 Å². The summed E-state index contributed by atoms with van der Waals surface area (Å²) in [5.41, 5.74) is 12.0.